The highest BCUT2D eigenvalue weighted by Gasteiger charge is 2.17. The van der Waals surface area contributed by atoms with Crippen molar-refractivity contribution in [2.45, 2.75) is 32.4 Å². The van der Waals surface area contributed by atoms with Gasteiger partial charge in [-0.3, -0.25) is 9.59 Å². The molecule has 7 heteroatoms. The summed E-state index contributed by atoms with van der Waals surface area (Å²) in [6.45, 7) is 2.77. The largest absolute Gasteiger partial charge is 0.356 e. The highest BCUT2D eigenvalue weighted by Crippen LogP contribution is 2.19. The number of aromatic nitrogens is 2. The second kappa shape index (κ2) is 9.37. The van der Waals surface area contributed by atoms with E-state index in [4.69, 9.17) is 11.6 Å². The number of amides is 2. The maximum Gasteiger partial charge on any atom is 0.222 e. The van der Waals surface area contributed by atoms with Crippen LogP contribution in [0.4, 0.5) is 0 Å². The Morgan fingerprint density at radius 1 is 1.14 bits per heavy atom. The predicted octanol–water partition coefficient (Wildman–Crippen LogP) is 3.46. The molecule has 0 spiro atoms. The van der Waals surface area contributed by atoms with Crippen molar-refractivity contribution in [1.29, 1.82) is 0 Å². The summed E-state index contributed by atoms with van der Waals surface area (Å²) in [4.78, 5) is 28.2. The highest BCUT2D eigenvalue weighted by molar-refractivity contribution is 6.30. The fraction of sp³-hybridized carbons (Fsp3) is 0.286. The van der Waals surface area contributed by atoms with E-state index in [-0.39, 0.29) is 24.3 Å². The standard InChI is InChI=1S/C21H23ClN4O2/c1-15(27)25-19(16-7-9-17(22)10-8-16)13-21(28)23-11-4-12-26-14-24-18-5-2-3-6-20(18)26/h2-3,5-10,14,19H,4,11-13H2,1H3,(H,23,28)(H,25,27)/t19-/m0/s1. The van der Waals surface area contributed by atoms with Gasteiger partial charge in [0, 0.05) is 25.0 Å². The van der Waals surface area contributed by atoms with Crippen molar-refractivity contribution in [2.75, 3.05) is 6.54 Å². The van der Waals surface area contributed by atoms with Crippen LogP contribution in [0.3, 0.4) is 0 Å². The lowest BCUT2D eigenvalue weighted by atomic mass is 10.0. The van der Waals surface area contributed by atoms with Gasteiger partial charge in [0.2, 0.25) is 11.8 Å². The second-order valence-corrected chi connectivity index (χ2v) is 7.08. The number of para-hydroxylation sites is 2. The van der Waals surface area contributed by atoms with Crippen molar-refractivity contribution in [2.24, 2.45) is 0 Å². The molecule has 0 radical (unpaired) electrons. The summed E-state index contributed by atoms with van der Waals surface area (Å²) in [5, 5.41) is 6.36. The lowest BCUT2D eigenvalue weighted by molar-refractivity contribution is -0.122. The van der Waals surface area contributed by atoms with Crippen LogP contribution < -0.4 is 10.6 Å². The van der Waals surface area contributed by atoms with Crippen LogP contribution in [-0.2, 0) is 16.1 Å². The average molecular weight is 399 g/mol. The van der Waals surface area contributed by atoms with Crippen molar-refractivity contribution < 1.29 is 9.59 Å². The van der Waals surface area contributed by atoms with Gasteiger partial charge >= 0.3 is 0 Å². The first-order valence-electron chi connectivity index (χ1n) is 9.22. The van der Waals surface area contributed by atoms with E-state index in [1.807, 2.05) is 42.7 Å². The lowest BCUT2D eigenvalue weighted by Crippen LogP contribution is -2.33. The summed E-state index contributed by atoms with van der Waals surface area (Å²) in [5.74, 6) is -0.288. The van der Waals surface area contributed by atoms with E-state index < -0.39 is 0 Å². The van der Waals surface area contributed by atoms with Crippen LogP contribution in [0.15, 0.2) is 54.9 Å². The number of rotatable bonds is 8. The van der Waals surface area contributed by atoms with E-state index in [1.165, 1.54) is 6.92 Å². The number of hydrogen-bond acceptors (Lipinski definition) is 3. The molecule has 0 saturated heterocycles. The molecular weight excluding hydrogens is 376 g/mol. The molecule has 1 aromatic heterocycles. The molecule has 2 N–H and O–H groups in total. The number of carbonyl (C=O) groups excluding carboxylic acids is 2. The van der Waals surface area contributed by atoms with Gasteiger partial charge in [-0.1, -0.05) is 35.9 Å². The molecule has 3 rings (SSSR count). The Balaban J connectivity index is 1.50. The summed E-state index contributed by atoms with van der Waals surface area (Å²) in [5.41, 5.74) is 2.90. The van der Waals surface area contributed by atoms with Gasteiger partial charge < -0.3 is 15.2 Å². The predicted molar refractivity (Wildman–Crippen MR) is 110 cm³/mol. The minimum absolute atomic E-state index is 0.107. The van der Waals surface area contributed by atoms with E-state index in [0.717, 1.165) is 29.6 Å². The third-order valence-corrected chi connectivity index (χ3v) is 4.72. The van der Waals surface area contributed by atoms with Gasteiger partial charge in [-0.25, -0.2) is 4.98 Å². The SMILES string of the molecule is CC(=O)N[C@@H](CC(=O)NCCCn1cnc2ccccc21)c1ccc(Cl)cc1. The van der Waals surface area contributed by atoms with Gasteiger partial charge in [0.05, 0.1) is 29.8 Å². The van der Waals surface area contributed by atoms with Gasteiger partial charge in [-0.05, 0) is 36.2 Å². The normalized spacial score (nSPS) is 11.9. The van der Waals surface area contributed by atoms with Crippen molar-refractivity contribution in [3.8, 4) is 0 Å². The molecule has 0 unspecified atom stereocenters. The molecule has 2 aromatic carbocycles. The second-order valence-electron chi connectivity index (χ2n) is 6.64. The van der Waals surface area contributed by atoms with E-state index >= 15 is 0 Å². The van der Waals surface area contributed by atoms with E-state index in [9.17, 15) is 9.59 Å². The number of benzene rings is 2. The van der Waals surface area contributed by atoms with Crippen LogP contribution in [0.2, 0.25) is 5.02 Å². The molecule has 0 saturated carbocycles. The van der Waals surface area contributed by atoms with Crippen molar-refractivity contribution in [3.63, 3.8) is 0 Å². The Bertz CT molecular complexity index is 952. The number of aryl methyl sites for hydroxylation is 1. The van der Waals surface area contributed by atoms with Gasteiger partial charge in [-0.2, -0.15) is 0 Å². The fourth-order valence-electron chi connectivity index (χ4n) is 3.12. The summed E-state index contributed by atoms with van der Waals surface area (Å²) in [6, 6.07) is 14.7. The van der Waals surface area contributed by atoms with Crippen LogP contribution in [0.25, 0.3) is 11.0 Å². The van der Waals surface area contributed by atoms with Crippen molar-refractivity contribution in [3.05, 3.63) is 65.4 Å². The number of imidazole rings is 1. The molecular formula is C21H23ClN4O2. The van der Waals surface area contributed by atoms with Gasteiger partial charge in [0.25, 0.3) is 0 Å². The Morgan fingerprint density at radius 3 is 2.64 bits per heavy atom. The Hall–Kier alpha value is -2.86. The quantitative estimate of drug-likeness (QED) is 0.570. The Kier molecular flexibility index (Phi) is 6.66. The van der Waals surface area contributed by atoms with Crippen LogP contribution >= 0.6 is 11.6 Å². The first-order chi connectivity index (χ1) is 13.5. The number of nitrogens with one attached hydrogen (secondary N) is 2. The minimum Gasteiger partial charge on any atom is -0.356 e. The molecule has 2 amide bonds. The van der Waals surface area contributed by atoms with Crippen LogP contribution in [0.1, 0.15) is 31.4 Å². The molecule has 0 fully saturated rings. The lowest BCUT2D eigenvalue weighted by Gasteiger charge is -2.18. The van der Waals surface area contributed by atoms with Crippen LogP contribution in [0.5, 0.6) is 0 Å². The molecule has 0 aliphatic heterocycles. The monoisotopic (exact) mass is 398 g/mol. The zero-order chi connectivity index (χ0) is 19.9. The minimum atomic E-state index is -0.382. The van der Waals surface area contributed by atoms with E-state index in [2.05, 4.69) is 20.2 Å². The summed E-state index contributed by atoms with van der Waals surface area (Å²) < 4.78 is 2.08. The van der Waals surface area contributed by atoms with Gasteiger partial charge in [-0.15, -0.1) is 0 Å². The molecule has 146 valence electrons. The zero-order valence-electron chi connectivity index (χ0n) is 15.7. The number of fused-ring (bicyclic) bond motifs is 1. The Labute approximate surface area is 168 Å². The smallest absolute Gasteiger partial charge is 0.222 e. The van der Waals surface area contributed by atoms with Crippen LogP contribution in [-0.4, -0.2) is 27.9 Å². The summed E-state index contributed by atoms with van der Waals surface area (Å²) in [6.07, 6.45) is 2.78. The first kappa shape index (κ1) is 19.9. The number of carbonyl (C=O) groups is 2. The van der Waals surface area contributed by atoms with Crippen molar-refractivity contribution >= 4 is 34.4 Å². The average Bonchev–Trinajstić information content (AvgIpc) is 3.08. The molecule has 1 atom stereocenters. The van der Waals surface area contributed by atoms with E-state index in [0.29, 0.717) is 11.6 Å². The first-order valence-corrected chi connectivity index (χ1v) is 9.60. The zero-order valence-corrected chi connectivity index (χ0v) is 16.4. The molecule has 1 heterocycles. The summed E-state index contributed by atoms with van der Waals surface area (Å²) >= 11 is 5.92. The Morgan fingerprint density at radius 2 is 1.89 bits per heavy atom. The number of hydrogen-bond donors (Lipinski definition) is 2. The van der Waals surface area contributed by atoms with Crippen LogP contribution in [0, 0.1) is 0 Å². The highest BCUT2D eigenvalue weighted by atomic mass is 35.5. The third-order valence-electron chi connectivity index (χ3n) is 4.46. The van der Waals surface area contributed by atoms with Crippen molar-refractivity contribution in [1.82, 2.24) is 20.2 Å². The molecule has 0 aliphatic carbocycles. The number of nitrogens with zero attached hydrogens (tertiary/aromatic N) is 2. The molecule has 0 aliphatic rings. The van der Waals surface area contributed by atoms with Gasteiger partial charge in [0.15, 0.2) is 0 Å². The molecule has 6 nitrogen and oxygen atoms in total. The molecule has 0 bridgehead atoms. The third kappa shape index (κ3) is 5.33. The number of halogens is 1. The maximum absolute atomic E-state index is 12.3. The topological polar surface area (TPSA) is 76.0 Å². The maximum atomic E-state index is 12.3. The fourth-order valence-corrected chi connectivity index (χ4v) is 3.24. The molecule has 28 heavy (non-hydrogen) atoms. The summed E-state index contributed by atoms with van der Waals surface area (Å²) in [7, 11) is 0. The van der Waals surface area contributed by atoms with E-state index in [1.54, 1.807) is 12.1 Å². The molecule has 3 aromatic rings. The van der Waals surface area contributed by atoms with Gasteiger partial charge in [0.1, 0.15) is 0 Å².